The zero-order chi connectivity index (χ0) is 27.7. The Labute approximate surface area is 232 Å². The highest BCUT2D eigenvalue weighted by Gasteiger charge is 2.48. The van der Waals surface area contributed by atoms with Gasteiger partial charge in [0.1, 0.15) is 18.1 Å². The van der Waals surface area contributed by atoms with Gasteiger partial charge in [0.2, 0.25) is 0 Å². The van der Waals surface area contributed by atoms with Gasteiger partial charge in [-0.2, -0.15) is 0 Å². The quantitative estimate of drug-likeness (QED) is 0.163. The Balaban J connectivity index is 1.50. The number of carbonyl (C=O) groups excluding carboxylic acids is 2. The SMILES string of the molecule is Cc1cccc(COc2ccc(C(O)=C3C(=O)C(=O)N(c4nccs4)[C@H]3c3ccc(C(C)(C)C)cc3)cc2)c1. The van der Waals surface area contributed by atoms with Crippen LogP contribution in [0.1, 0.15) is 54.6 Å². The van der Waals surface area contributed by atoms with Crippen LogP contribution in [-0.4, -0.2) is 21.8 Å². The number of Topliss-reactive ketones (excluding diaryl/α,β-unsaturated/α-hetero) is 1. The van der Waals surface area contributed by atoms with Gasteiger partial charge >= 0.3 is 5.91 Å². The van der Waals surface area contributed by atoms with Crippen molar-refractivity contribution in [2.75, 3.05) is 4.90 Å². The maximum atomic E-state index is 13.3. The summed E-state index contributed by atoms with van der Waals surface area (Å²) in [6.45, 7) is 8.82. The van der Waals surface area contributed by atoms with E-state index in [4.69, 9.17) is 4.74 Å². The fourth-order valence-electron chi connectivity index (χ4n) is 4.68. The van der Waals surface area contributed by atoms with Crippen molar-refractivity contribution >= 4 is 33.9 Å². The van der Waals surface area contributed by atoms with Gasteiger partial charge in [0, 0.05) is 17.1 Å². The number of hydrogen-bond acceptors (Lipinski definition) is 6. The summed E-state index contributed by atoms with van der Waals surface area (Å²) in [7, 11) is 0. The molecule has 7 heteroatoms. The van der Waals surface area contributed by atoms with E-state index in [1.165, 1.54) is 16.2 Å². The van der Waals surface area contributed by atoms with E-state index >= 15 is 0 Å². The highest BCUT2D eigenvalue weighted by molar-refractivity contribution is 7.14. The smallest absolute Gasteiger partial charge is 0.301 e. The topological polar surface area (TPSA) is 79.7 Å². The van der Waals surface area contributed by atoms with Gasteiger partial charge < -0.3 is 9.84 Å². The first-order valence-corrected chi connectivity index (χ1v) is 13.6. The summed E-state index contributed by atoms with van der Waals surface area (Å²) in [5, 5.41) is 13.5. The first-order chi connectivity index (χ1) is 18.6. The van der Waals surface area contributed by atoms with Crippen LogP contribution in [0, 0.1) is 6.92 Å². The van der Waals surface area contributed by atoms with E-state index in [0.717, 1.165) is 22.3 Å². The lowest BCUT2D eigenvalue weighted by molar-refractivity contribution is -0.132. The molecule has 1 saturated heterocycles. The molecule has 0 unspecified atom stereocenters. The number of amides is 1. The minimum atomic E-state index is -0.803. The monoisotopic (exact) mass is 538 g/mol. The molecular formula is C32H30N2O4S. The molecule has 4 aromatic rings. The second kappa shape index (κ2) is 10.5. The minimum absolute atomic E-state index is 0.0344. The third-order valence-electron chi connectivity index (χ3n) is 6.78. The van der Waals surface area contributed by atoms with Gasteiger partial charge in [-0.05, 0) is 53.3 Å². The minimum Gasteiger partial charge on any atom is -0.507 e. The van der Waals surface area contributed by atoms with Crippen molar-refractivity contribution < 1.29 is 19.4 Å². The number of nitrogens with zero attached hydrogens (tertiary/aromatic N) is 2. The van der Waals surface area contributed by atoms with E-state index in [-0.39, 0.29) is 16.7 Å². The third-order valence-corrected chi connectivity index (χ3v) is 7.55. The molecule has 1 fully saturated rings. The number of aliphatic hydroxyl groups is 1. The number of hydrogen-bond donors (Lipinski definition) is 1. The normalized spacial score (nSPS) is 17.0. The zero-order valence-electron chi connectivity index (χ0n) is 22.3. The molecule has 1 aliphatic heterocycles. The van der Waals surface area contributed by atoms with E-state index in [9.17, 15) is 14.7 Å². The van der Waals surface area contributed by atoms with Crippen molar-refractivity contribution in [3.63, 3.8) is 0 Å². The maximum absolute atomic E-state index is 13.3. The molecule has 0 bridgehead atoms. The van der Waals surface area contributed by atoms with Crippen LogP contribution in [-0.2, 0) is 21.6 Å². The molecule has 0 aliphatic carbocycles. The fraction of sp³-hybridized carbons (Fsp3) is 0.219. The highest BCUT2D eigenvalue weighted by Crippen LogP contribution is 2.43. The molecule has 2 heterocycles. The Kier molecular flexibility index (Phi) is 7.10. The van der Waals surface area contributed by atoms with Gasteiger partial charge in [-0.1, -0.05) is 74.9 Å². The largest absolute Gasteiger partial charge is 0.507 e. The Morgan fingerprint density at radius 1 is 1.03 bits per heavy atom. The zero-order valence-corrected chi connectivity index (χ0v) is 23.2. The maximum Gasteiger partial charge on any atom is 0.301 e. The lowest BCUT2D eigenvalue weighted by Crippen LogP contribution is -2.29. The molecule has 1 amide bonds. The second-order valence-corrected chi connectivity index (χ2v) is 11.5. The molecule has 3 aromatic carbocycles. The van der Waals surface area contributed by atoms with Gasteiger partial charge in [0.25, 0.3) is 5.78 Å². The van der Waals surface area contributed by atoms with Crippen molar-refractivity contribution in [1.29, 1.82) is 0 Å². The van der Waals surface area contributed by atoms with Gasteiger partial charge in [-0.25, -0.2) is 4.98 Å². The van der Waals surface area contributed by atoms with Gasteiger partial charge in [-0.15, -0.1) is 11.3 Å². The van der Waals surface area contributed by atoms with Crippen LogP contribution in [0.5, 0.6) is 5.75 Å². The van der Waals surface area contributed by atoms with Crippen molar-refractivity contribution in [2.45, 2.75) is 45.8 Å². The number of anilines is 1. The van der Waals surface area contributed by atoms with Gasteiger partial charge in [0.15, 0.2) is 5.13 Å². The van der Waals surface area contributed by atoms with Crippen LogP contribution < -0.4 is 9.64 Å². The number of rotatable bonds is 6. The fourth-order valence-corrected chi connectivity index (χ4v) is 5.35. The number of ketones is 1. The predicted octanol–water partition coefficient (Wildman–Crippen LogP) is 6.95. The summed E-state index contributed by atoms with van der Waals surface area (Å²) >= 11 is 1.27. The third kappa shape index (κ3) is 5.36. The van der Waals surface area contributed by atoms with Crippen molar-refractivity contribution in [1.82, 2.24) is 4.98 Å². The number of aliphatic hydroxyl groups excluding tert-OH is 1. The molecule has 39 heavy (non-hydrogen) atoms. The van der Waals surface area contributed by atoms with E-state index in [1.54, 1.807) is 35.8 Å². The first-order valence-electron chi connectivity index (χ1n) is 12.7. The number of carbonyl (C=O) groups is 2. The molecule has 5 rings (SSSR count). The van der Waals surface area contributed by atoms with Crippen LogP contribution in [0.3, 0.4) is 0 Å². The van der Waals surface area contributed by atoms with E-state index in [2.05, 4.69) is 31.8 Å². The molecule has 1 aliphatic rings. The van der Waals surface area contributed by atoms with Crippen LogP contribution >= 0.6 is 11.3 Å². The van der Waals surface area contributed by atoms with Crippen molar-refractivity contribution in [2.24, 2.45) is 0 Å². The van der Waals surface area contributed by atoms with Crippen LogP contribution in [0.2, 0.25) is 0 Å². The Morgan fingerprint density at radius 2 is 1.74 bits per heavy atom. The van der Waals surface area contributed by atoms with E-state index in [1.807, 2.05) is 49.4 Å². The standard InChI is InChI=1S/C32H30N2O4S/c1-20-6-5-7-21(18-20)19-38-25-14-10-23(11-15-25)28(35)26-27(22-8-12-24(13-9-22)32(2,3)4)34(30(37)29(26)36)31-33-16-17-39-31/h5-18,27,35H,19H2,1-4H3/t27-/m0/s1. The molecule has 0 radical (unpaired) electrons. The van der Waals surface area contributed by atoms with E-state index < -0.39 is 17.7 Å². The van der Waals surface area contributed by atoms with Crippen LogP contribution in [0.15, 0.2) is 89.9 Å². The average molecular weight is 539 g/mol. The molecule has 0 spiro atoms. The Bertz CT molecular complexity index is 1530. The lowest BCUT2D eigenvalue weighted by atomic mass is 9.85. The lowest BCUT2D eigenvalue weighted by Gasteiger charge is -2.24. The molecule has 1 atom stereocenters. The van der Waals surface area contributed by atoms with Crippen molar-refractivity contribution in [3.8, 4) is 5.75 Å². The second-order valence-electron chi connectivity index (χ2n) is 10.7. The summed E-state index contributed by atoms with van der Waals surface area (Å²) in [5.74, 6) is -1.06. The Hall–Kier alpha value is -4.23. The summed E-state index contributed by atoms with van der Waals surface area (Å²) in [6, 6.07) is 22.0. The molecule has 0 saturated carbocycles. The number of benzene rings is 3. The molecule has 198 valence electrons. The molecular weight excluding hydrogens is 508 g/mol. The highest BCUT2D eigenvalue weighted by atomic mass is 32.1. The van der Waals surface area contributed by atoms with Crippen LogP contribution in [0.4, 0.5) is 5.13 Å². The number of aromatic nitrogens is 1. The van der Waals surface area contributed by atoms with Crippen molar-refractivity contribution in [3.05, 3.63) is 118 Å². The first kappa shape index (κ1) is 26.4. The summed E-state index contributed by atoms with van der Waals surface area (Å²) in [6.07, 6.45) is 1.59. The predicted molar refractivity (Wildman–Crippen MR) is 154 cm³/mol. The Morgan fingerprint density at radius 3 is 2.36 bits per heavy atom. The number of aryl methyl sites for hydroxylation is 1. The van der Waals surface area contributed by atoms with Gasteiger partial charge in [-0.3, -0.25) is 14.5 Å². The summed E-state index contributed by atoms with van der Waals surface area (Å²) in [5.41, 5.74) is 4.46. The summed E-state index contributed by atoms with van der Waals surface area (Å²) < 4.78 is 5.91. The van der Waals surface area contributed by atoms with Gasteiger partial charge in [0.05, 0.1) is 11.6 Å². The molecule has 6 nitrogen and oxygen atoms in total. The molecule has 1 aromatic heterocycles. The van der Waals surface area contributed by atoms with E-state index in [0.29, 0.717) is 23.1 Å². The molecule has 1 N–H and O–H groups in total. The number of thiazole rings is 1. The number of ether oxygens (including phenoxy) is 1. The summed E-state index contributed by atoms with van der Waals surface area (Å²) in [4.78, 5) is 32.2. The average Bonchev–Trinajstić information content (AvgIpc) is 3.53. The van der Waals surface area contributed by atoms with Crippen LogP contribution in [0.25, 0.3) is 5.76 Å².